The first-order chi connectivity index (χ1) is 11.5. The summed E-state index contributed by atoms with van der Waals surface area (Å²) in [6.45, 7) is 5.00. The summed E-state index contributed by atoms with van der Waals surface area (Å²) in [4.78, 5) is 12.1. The van der Waals surface area contributed by atoms with E-state index >= 15 is 0 Å². The lowest BCUT2D eigenvalue weighted by atomic mass is 10.1. The number of sulfone groups is 1. The van der Waals surface area contributed by atoms with Crippen LogP contribution in [-0.2, 0) is 21.2 Å². The van der Waals surface area contributed by atoms with Crippen LogP contribution < -0.4 is 5.32 Å². The van der Waals surface area contributed by atoms with Crippen LogP contribution in [0.3, 0.4) is 0 Å². The van der Waals surface area contributed by atoms with Crippen LogP contribution in [0.2, 0.25) is 0 Å². The Kier molecular flexibility index (Phi) is 5.29. The van der Waals surface area contributed by atoms with Crippen molar-refractivity contribution in [2.45, 2.75) is 48.6 Å². The highest BCUT2D eigenvalue weighted by atomic mass is 32.2. The second-order valence-electron chi connectivity index (χ2n) is 6.23. The predicted molar refractivity (Wildman–Crippen MR) is 92.7 cm³/mol. The van der Waals surface area contributed by atoms with Gasteiger partial charge in [0.2, 0.25) is 5.91 Å². The number of thioether (sulfide) groups is 1. The van der Waals surface area contributed by atoms with Crippen molar-refractivity contribution in [2.75, 3.05) is 18.1 Å². The zero-order valence-electron chi connectivity index (χ0n) is 13.5. The Bertz CT molecular complexity index is 729. The highest BCUT2D eigenvalue weighted by Crippen LogP contribution is 2.32. The van der Waals surface area contributed by atoms with Gasteiger partial charge in [0.25, 0.3) is 0 Å². The average molecular weight is 371 g/mol. The predicted octanol–water partition coefficient (Wildman–Crippen LogP) is 1.13. The number of rotatable bonds is 5. The van der Waals surface area contributed by atoms with Gasteiger partial charge in [0.15, 0.2) is 15.0 Å². The number of carbonyl (C=O) groups excluding carboxylic acids is 1. The van der Waals surface area contributed by atoms with Gasteiger partial charge in [0, 0.05) is 19.0 Å². The first-order valence-electron chi connectivity index (χ1n) is 8.19. The maximum Gasteiger partial charge on any atom is 0.233 e. The Labute approximate surface area is 146 Å². The molecule has 2 aliphatic heterocycles. The lowest BCUT2D eigenvalue weighted by Gasteiger charge is -2.14. The summed E-state index contributed by atoms with van der Waals surface area (Å²) in [6, 6.07) is 0. The summed E-state index contributed by atoms with van der Waals surface area (Å²) < 4.78 is 25.4. The molecule has 0 aromatic carbocycles. The number of nitrogens with zero attached hydrogens (tertiary/aromatic N) is 3. The Morgan fingerprint density at radius 2 is 2.17 bits per heavy atom. The van der Waals surface area contributed by atoms with Gasteiger partial charge in [-0.1, -0.05) is 24.3 Å². The summed E-state index contributed by atoms with van der Waals surface area (Å²) in [7, 11) is -2.98. The Morgan fingerprint density at radius 3 is 2.88 bits per heavy atom. The number of carbonyl (C=O) groups is 1. The van der Waals surface area contributed by atoms with E-state index in [1.165, 1.54) is 11.8 Å². The molecule has 0 bridgehead atoms. The maximum absolute atomic E-state index is 12.1. The van der Waals surface area contributed by atoms with Gasteiger partial charge in [-0.05, 0) is 19.3 Å². The average Bonchev–Trinajstić information content (AvgIpc) is 3.02. The minimum Gasteiger partial charge on any atom is -0.355 e. The van der Waals surface area contributed by atoms with Crippen LogP contribution in [0.4, 0.5) is 0 Å². The van der Waals surface area contributed by atoms with E-state index in [0.29, 0.717) is 23.9 Å². The SMILES string of the molecule is C=CCn1c(S[C@@H]2CCCCNC2=O)nnc1[C@H]1CCS(=O)(=O)C1. The van der Waals surface area contributed by atoms with E-state index in [0.717, 1.165) is 25.8 Å². The van der Waals surface area contributed by atoms with Gasteiger partial charge in [0.1, 0.15) is 5.82 Å². The first kappa shape index (κ1) is 17.5. The molecule has 0 radical (unpaired) electrons. The third-order valence-corrected chi connectivity index (χ3v) is 7.40. The highest BCUT2D eigenvalue weighted by molar-refractivity contribution is 8.00. The Balaban J connectivity index is 1.83. The standard InChI is InChI=1S/C15H22N4O3S2/c1-2-8-19-13(11-6-9-24(21,22)10-11)17-18-15(19)23-12-5-3-4-7-16-14(12)20/h2,11-12H,1,3-10H2,(H,16,20)/t11-,12+/m0/s1. The molecule has 0 unspecified atom stereocenters. The minimum absolute atomic E-state index is 0.0376. The number of amides is 1. The van der Waals surface area contributed by atoms with Gasteiger partial charge in [-0.3, -0.25) is 4.79 Å². The van der Waals surface area contributed by atoms with Gasteiger partial charge in [-0.2, -0.15) is 0 Å². The molecule has 1 aromatic heterocycles. The molecular weight excluding hydrogens is 348 g/mol. The summed E-state index contributed by atoms with van der Waals surface area (Å²) in [5.74, 6) is 0.922. The zero-order chi connectivity index (χ0) is 17.2. The molecule has 132 valence electrons. The molecular formula is C15H22N4O3S2. The topological polar surface area (TPSA) is 93.9 Å². The molecule has 24 heavy (non-hydrogen) atoms. The van der Waals surface area contributed by atoms with Gasteiger partial charge >= 0.3 is 0 Å². The van der Waals surface area contributed by atoms with Crippen molar-refractivity contribution in [3.63, 3.8) is 0 Å². The second kappa shape index (κ2) is 7.26. The lowest BCUT2D eigenvalue weighted by Crippen LogP contribution is -2.30. The fourth-order valence-corrected chi connectivity index (χ4v) is 5.99. The third-order valence-electron chi connectivity index (χ3n) is 4.39. The first-order valence-corrected chi connectivity index (χ1v) is 10.9. The molecule has 1 aromatic rings. The molecule has 0 aliphatic carbocycles. The van der Waals surface area contributed by atoms with Crippen molar-refractivity contribution < 1.29 is 13.2 Å². The summed E-state index contributed by atoms with van der Waals surface area (Å²) in [5, 5.41) is 11.9. The maximum atomic E-state index is 12.1. The van der Waals surface area contributed by atoms with Crippen molar-refractivity contribution in [1.29, 1.82) is 0 Å². The number of aromatic nitrogens is 3. The van der Waals surface area contributed by atoms with E-state index in [1.54, 1.807) is 6.08 Å². The van der Waals surface area contributed by atoms with Gasteiger partial charge in [-0.25, -0.2) is 8.42 Å². The van der Waals surface area contributed by atoms with Crippen molar-refractivity contribution >= 4 is 27.5 Å². The molecule has 1 N–H and O–H groups in total. The summed E-state index contributed by atoms with van der Waals surface area (Å²) in [5.41, 5.74) is 0. The van der Waals surface area contributed by atoms with Gasteiger partial charge in [-0.15, -0.1) is 16.8 Å². The molecule has 0 saturated carbocycles. The number of nitrogens with one attached hydrogen (secondary N) is 1. The Morgan fingerprint density at radius 1 is 1.33 bits per heavy atom. The van der Waals surface area contributed by atoms with E-state index in [9.17, 15) is 13.2 Å². The van der Waals surface area contributed by atoms with Crippen LogP contribution in [0.15, 0.2) is 17.8 Å². The van der Waals surface area contributed by atoms with Crippen molar-refractivity contribution in [1.82, 2.24) is 20.1 Å². The molecule has 3 heterocycles. The van der Waals surface area contributed by atoms with Crippen LogP contribution >= 0.6 is 11.8 Å². The largest absolute Gasteiger partial charge is 0.355 e. The second-order valence-corrected chi connectivity index (χ2v) is 9.63. The van der Waals surface area contributed by atoms with Crippen LogP contribution in [-0.4, -0.2) is 52.4 Å². The number of allylic oxidation sites excluding steroid dienone is 1. The van der Waals surface area contributed by atoms with Crippen LogP contribution in [0, 0.1) is 0 Å². The zero-order valence-corrected chi connectivity index (χ0v) is 15.1. The van der Waals surface area contributed by atoms with E-state index in [2.05, 4.69) is 22.1 Å². The minimum atomic E-state index is -2.98. The monoisotopic (exact) mass is 370 g/mol. The van der Waals surface area contributed by atoms with Crippen LogP contribution in [0.25, 0.3) is 0 Å². The molecule has 1 amide bonds. The molecule has 2 fully saturated rings. The van der Waals surface area contributed by atoms with Crippen molar-refractivity contribution in [2.24, 2.45) is 0 Å². The third kappa shape index (κ3) is 3.83. The molecule has 2 aliphatic rings. The lowest BCUT2D eigenvalue weighted by molar-refractivity contribution is -0.120. The van der Waals surface area contributed by atoms with Crippen LogP contribution in [0.5, 0.6) is 0 Å². The van der Waals surface area contributed by atoms with Crippen LogP contribution in [0.1, 0.15) is 37.4 Å². The van der Waals surface area contributed by atoms with Crippen molar-refractivity contribution in [3.05, 3.63) is 18.5 Å². The van der Waals surface area contributed by atoms with E-state index in [4.69, 9.17) is 0 Å². The van der Waals surface area contributed by atoms with E-state index in [1.807, 2.05) is 4.57 Å². The fourth-order valence-electron chi connectivity index (χ4n) is 3.14. The van der Waals surface area contributed by atoms with E-state index < -0.39 is 9.84 Å². The summed E-state index contributed by atoms with van der Waals surface area (Å²) >= 11 is 1.41. The summed E-state index contributed by atoms with van der Waals surface area (Å²) in [6.07, 6.45) is 5.12. The molecule has 7 nitrogen and oxygen atoms in total. The number of hydrogen-bond donors (Lipinski definition) is 1. The molecule has 2 atom stereocenters. The Hall–Kier alpha value is -1.35. The van der Waals surface area contributed by atoms with E-state index in [-0.39, 0.29) is 28.6 Å². The molecule has 9 heteroatoms. The quantitative estimate of drug-likeness (QED) is 0.781. The normalized spacial score (nSPS) is 26.8. The smallest absolute Gasteiger partial charge is 0.233 e. The van der Waals surface area contributed by atoms with Crippen molar-refractivity contribution in [3.8, 4) is 0 Å². The fraction of sp³-hybridized carbons (Fsp3) is 0.667. The molecule has 2 saturated heterocycles. The van der Waals surface area contributed by atoms with Gasteiger partial charge < -0.3 is 9.88 Å². The number of hydrogen-bond acceptors (Lipinski definition) is 6. The highest BCUT2D eigenvalue weighted by Gasteiger charge is 2.34. The van der Waals surface area contributed by atoms with Gasteiger partial charge in [0.05, 0.1) is 16.8 Å². The molecule has 3 rings (SSSR count). The molecule has 0 spiro atoms.